The summed E-state index contributed by atoms with van der Waals surface area (Å²) in [7, 11) is 0. The van der Waals surface area contributed by atoms with Gasteiger partial charge in [-0.15, -0.1) is 0 Å². The van der Waals surface area contributed by atoms with Gasteiger partial charge >= 0.3 is 0 Å². The minimum atomic E-state index is 0. The third-order valence-electron chi connectivity index (χ3n) is 2.31. The molecule has 0 N–H and O–H groups in total. The van der Waals surface area contributed by atoms with Crippen LogP contribution in [0.2, 0.25) is 0 Å². The second-order valence-electron chi connectivity index (χ2n) is 3.36. The number of carbonyl (C=O) groups is 1. The van der Waals surface area contributed by atoms with Gasteiger partial charge in [0.25, 0.3) is 0 Å². The van der Waals surface area contributed by atoms with Crippen molar-refractivity contribution in [1.82, 2.24) is 0 Å². The van der Waals surface area contributed by atoms with E-state index in [-0.39, 0.29) is 17.0 Å². The first-order valence-electron chi connectivity index (χ1n) is 4.87. The molecule has 0 unspecified atom stereocenters. The fourth-order valence-electron chi connectivity index (χ4n) is 1.53. The Balaban J connectivity index is 0.00000128. The van der Waals surface area contributed by atoms with Gasteiger partial charge in [0.05, 0.1) is 0 Å². The molecular formula is C13H12BrNO. The Morgan fingerprint density at radius 1 is 1.00 bits per heavy atom. The molecule has 0 saturated carbocycles. The second-order valence-corrected chi connectivity index (χ2v) is 3.36. The Morgan fingerprint density at radius 3 is 2.38 bits per heavy atom. The van der Waals surface area contributed by atoms with Crippen LogP contribution >= 0.6 is 0 Å². The molecule has 0 aliphatic rings. The zero-order valence-electron chi connectivity index (χ0n) is 8.71. The smallest absolute Gasteiger partial charge is 0.174 e. The minimum absolute atomic E-state index is 0. The third kappa shape index (κ3) is 3.00. The van der Waals surface area contributed by atoms with Crippen molar-refractivity contribution in [2.75, 3.05) is 0 Å². The topological polar surface area (TPSA) is 20.9 Å². The Kier molecular flexibility index (Phi) is 4.86. The summed E-state index contributed by atoms with van der Waals surface area (Å²) in [6, 6.07) is 13.6. The molecule has 0 atom stereocenters. The SMILES string of the molecule is O=Cc1ccccc1C[n+]1ccccc1.[Br-]. The van der Waals surface area contributed by atoms with E-state index < -0.39 is 0 Å². The number of aromatic nitrogens is 1. The molecule has 0 fully saturated rings. The zero-order valence-corrected chi connectivity index (χ0v) is 10.3. The number of carbonyl (C=O) groups excluding carboxylic acids is 1. The van der Waals surface area contributed by atoms with E-state index in [2.05, 4.69) is 0 Å². The van der Waals surface area contributed by atoms with Crippen LogP contribution in [0.15, 0.2) is 54.9 Å². The van der Waals surface area contributed by atoms with E-state index in [4.69, 9.17) is 0 Å². The highest BCUT2D eigenvalue weighted by molar-refractivity contribution is 5.76. The molecule has 1 aromatic heterocycles. The van der Waals surface area contributed by atoms with Crippen LogP contribution in [0.25, 0.3) is 0 Å². The highest BCUT2D eigenvalue weighted by atomic mass is 79.9. The highest BCUT2D eigenvalue weighted by Crippen LogP contribution is 2.05. The molecule has 0 bridgehead atoms. The standard InChI is InChI=1S/C13H12NO.BrH/c15-11-13-7-3-2-6-12(13)10-14-8-4-1-5-9-14;/h1-9,11H,10H2;1H/q+1;/p-1. The first-order chi connectivity index (χ1) is 7.40. The van der Waals surface area contributed by atoms with Gasteiger partial charge in [0.1, 0.15) is 0 Å². The van der Waals surface area contributed by atoms with E-state index in [0.29, 0.717) is 0 Å². The maximum atomic E-state index is 10.8. The number of halogens is 1. The highest BCUT2D eigenvalue weighted by Gasteiger charge is 2.05. The van der Waals surface area contributed by atoms with E-state index in [1.54, 1.807) is 0 Å². The fourth-order valence-corrected chi connectivity index (χ4v) is 1.53. The maximum absolute atomic E-state index is 10.8. The predicted octanol–water partition coefficient (Wildman–Crippen LogP) is -1.16. The summed E-state index contributed by atoms with van der Waals surface area (Å²) >= 11 is 0. The first-order valence-corrected chi connectivity index (χ1v) is 4.87. The summed E-state index contributed by atoms with van der Waals surface area (Å²) in [4.78, 5) is 10.8. The van der Waals surface area contributed by atoms with Crippen LogP contribution in [-0.2, 0) is 6.54 Å². The average Bonchev–Trinajstić information content (AvgIpc) is 2.31. The van der Waals surface area contributed by atoms with Crippen LogP contribution in [0.4, 0.5) is 0 Å². The lowest BCUT2D eigenvalue weighted by Crippen LogP contribution is -3.00. The van der Waals surface area contributed by atoms with Gasteiger partial charge < -0.3 is 17.0 Å². The van der Waals surface area contributed by atoms with Crippen LogP contribution in [0.1, 0.15) is 15.9 Å². The Bertz CT molecular complexity index is 456. The molecule has 2 rings (SSSR count). The van der Waals surface area contributed by atoms with Crippen molar-refractivity contribution >= 4 is 6.29 Å². The number of hydrogen-bond donors (Lipinski definition) is 0. The Morgan fingerprint density at radius 2 is 1.69 bits per heavy atom. The molecule has 0 saturated heterocycles. The summed E-state index contributed by atoms with van der Waals surface area (Å²) in [5.74, 6) is 0. The molecule has 82 valence electrons. The Labute approximate surface area is 105 Å². The van der Waals surface area contributed by atoms with E-state index in [1.807, 2.05) is 59.4 Å². The molecule has 0 radical (unpaired) electrons. The number of nitrogens with zero attached hydrogens (tertiary/aromatic N) is 1. The van der Waals surface area contributed by atoms with Gasteiger partial charge in [-0.05, 0) is 0 Å². The molecule has 0 amide bonds. The summed E-state index contributed by atoms with van der Waals surface area (Å²) in [6.45, 7) is 0.732. The monoisotopic (exact) mass is 277 g/mol. The lowest BCUT2D eigenvalue weighted by molar-refractivity contribution is -0.688. The van der Waals surface area contributed by atoms with E-state index >= 15 is 0 Å². The number of aldehydes is 1. The van der Waals surface area contributed by atoms with Gasteiger partial charge in [0.2, 0.25) is 0 Å². The van der Waals surface area contributed by atoms with Gasteiger partial charge in [0, 0.05) is 23.3 Å². The summed E-state index contributed by atoms with van der Waals surface area (Å²) < 4.78 is 2.04. The van der Waals surface area contributed by atoms with Gasteiger partial charge in [-0.25, -0.2) is 4.57 Å². The van der Waals surface area contributed by atoms with Gasteiger partial charge in [-0.3, -0.25) is 4.79 Å². The van der Waals surface area contributed by atoms with Gasteiger partial charge in [-0.1, -0.05) is 30.3 Å². The number of rotatable bonds is 3. The quantitative estimate of drug-likeness (QED) is 0.512. The average molecular weight is 278 g/mol. The van der Waals surface area contributed by atoms with Crippen LogP contribution in [0, 0.1) is 0 Å². The van der Waals surface area contributed by atoms with Crippen LogP contribution < -0.4 is 21.5 Å². The largest absolute Gasteiger partial charge is 1.00 e. The molecule has 2 aromatic rings. The van der Waals surface area contributed by atoms with Crippen molar-refractivity contribution in [3.63, 3.8) is 0 Å². The fraction of sp³-hybridized carbons (Fsp3) is 0.0769. The van der Waals surface area contributed by atoms with Crippen LogP contribution in [0.3, 0.4) is 0 Å². The van der Waals surface area contributed by atoms with Gasteiger partial charge in [0.15, 0.2) is 25.2 Å². The van der Waals surface area contributed by atoms with Crippen molar-refractivity contribution in [2.24, 2.45) is 0 Å². The summed E-state index contributed by atoms with van der Waals surface area (Å²) in [6.07, 6.45) is 4.88. The van der Waals surface area contributed by atoms with Gasteiger partial charge in [-0.2, -0.15) is 0 Å². The molecule has 0 aliphatic carbocycles. The van der Waals surface area contributed by atoms with E-state index in [0.717, 1.165) is 24.0 Å². The molecule has 1 heterocycles. The predicted molar refractivity (Wildman–Crippen MR) is 57.6 cm³/mol. The first kappa shape index (κ1) is 12.6. The molecule has 3 heteroatoms. The normalized spacial score (nSPS) is 9.25. The number of pyridine rings is 1. The lowest BCUT2D eigenvalue weighted by atomic mass is 10.1. The number of hydrogen-bond acceptors (Lipinski definition) is 1. The van der Waals surface area contributed by atoms with Crippen molar-refractivity contribution < 1.29 is 26.3 Å². The zero-order chi connectivity index (χ0) is 10.5. The lowest BCUT2D eigenvalue weighted by Gasteiger charge is -2.00. The van der Waals surface area contributed by atoms with Crippen LogP contribution in [0.5, 0.6) is 0 Å². The molecule has 0 spiro atoms. The minimum Gasteiger partial charge on any atom is -1.00 e. The van der Waals surface area contributed by atoms with Crippen molar-refractivity contribution in [3.8, 4) is 0 Å². The van der Waals surface area contributed by atoms with E-state index in [1.165, 1.54) is 0 Å². The molecule has 16 heavy (non-hydrogen) atoms. The Hall–Kier alpha value is -1.48. The molecule has 2 nitrogen and oxygen atoms in total. The maximum Gasteiger partial charge on any atom is 0.174 e. The van der Waals surface area contributed by atoms with Crippen LogP contribution in [-0.4, -0.2) is 6.29 Å². The second kappa shape index (κ2) is 6.18. The molecule has 1 aromatic carbocycles. The number of benzene rings is 1. The molecule has 0 aliphatic heterocycles. The summed E-state index contributed by atoms with van der Waals surface area (Å²) in [5.41, 5.74) is 1.80. The third-order valence-corrected chi connectivity index (χ3v) is 2.31. The van der Waals surface area contributed by atoms with E-state index in [9.17, 15) is 4.79 Å². The van der Waals surface area contributed by atoms with Crippen molar-refractivity contribution in [3.05, 3.63) is 66.0 Å². The van der Waals surface area contributed by atoms with Crippen molar-refractivity contribution in [2.45, 2.75) is 6.54 Å². The molecular weight excluding hydrogens is 266 g/mol. The summed E-state index contributed by atoms with van der Waals surface area (Å²) in [5, 5.41) is 0. The van der Waals surface area contributed by atoms with Crippen molar-refractivity contribution in [1.29, 1.82) is 0 Å².